The molecule has 3 atom stereocenters. The zero-order valence-corrected chi connectivity index (χ0v) is 18.8. The summed E-state index contributed by atoms with van der Waals surface area (Å²) in [6.07, 6.45) is 5.58. The largest absolute Gasteiger partial charge is 0.497 e. The van der Waals surface area contributed by atoms with Gasteiger partial charge < -0.3 is 19.5 Å². The molecule has 5 rings (SSSR count). The van der Waals surface area contributed by atoms with E-state index in [1.807, 2.05) is 12.1 Å². The van der Waals surface area contributed by atoms with Crippen molar-refractivity contribution in [2.75, 3.05) is 57.9 Å². The second-order valence-electron chi connectivity index (χ2n) is 9.83. The third kappa shape index (κ3) is 4.68. The Hall–Kier alpha value is -1.56. The number of benzene rings is 1. The average Bonchev–Trinajstić information content (AvgIpc) is 2.99. The quantitative estimate of drug-likeness (QED) is 0.659. The normalized spacial score (nSPS) is 27.1. The van der Waals surface area contributed by atoms with Gasteiger partial charge in [0.05, 0.1) is 26.4 Å². The van der Waals surface area contributed by atoms with Gasteiger partial charge in [-0.05, 0) is 72.9 Å². The van der Waals surface area contributed by atoms with Crippen LogP contribution in [0.1, 0.15) is 33.1 Å². The summed E-state index contributed by atoms with van der Waals surface area (Å²) in [5.74, 6) is 2.43. The molecule has 0 radical (unpaired) electrons. The lowest BCUT2D eigenvalue weighted by Crippen LogP contribution is -2.48. The molecule has 30 heavy (non-hydrogen) atoms. The number of aliphatic hydroxyl groups is 1. The number of hydrogen-bond acceptors (Lipinski definition) is 5. The highest BCUT2D eigenvalue weighted by Gasteiger charge is 2.50. The lowest BCUT2D eigenvalue weighted by atomic mass is 9.49. The van der Waals surface area contributed by atoms with Crippen LogP contribution < -0.4 is 9.64 Å². The van der Waals surface area contributed by atoms with Gasteiger partial charge >= 0.3 is 0 Å². The number of allylic oxidation sites excluding steroid dienone is 1. The van der Waals surface area contributed by atoms with Crippen molar-refractivity contribution in [2.45, 2.75) is 39.2 Å². The Kier molecular flexibility index (Phi) is 6.71. The van der Waals surface area contributed by atoms with Gasteiger partial charge in [0.25, 0.3) is 0 Å². The van der Waals surface area contributed by atoms with Crippen LogP contribution in [-0.4, -0.2) is 69.2 Å². The first-order chi connectivity index (χ1) is 14.5. The topological polar surface area (TPSA) is 45.2 Å². The maximum absolute atomic E-state index is 10.5. The third-order valence-corrected chi connectivity index (χ3v) is 7.66. The van der Waals surface area contributed by atoms with Crippen LogP contribution in [0.3, 0.4) is 0 Å². The molecule has 1 N–H and O–H groups in total. The monoisotopic (exact) mass is 414 g/mol. The Morgan fingerprint density at radius 2 is 1.93 bits per heavy atom. The molecule has 1 saturated heterocycles. The SMILES string of the molecule is COc1ccc(N2CCCN(CC(O)COCC3=CCC4CC3C4(C)C)CC2)cc1. The summed E-state index contributed by atoms with van der Waals surface area (Å²) >= 11 is 0. The van der Waals surface area contributed by atoms with Gasteiger partial charge in [-0.15, -0.1) is 0 Å². The molecule has 1 saturated carbocycles. The van der Waals surface area contributed by atoms with Gasteiger partial charge in [0.15, 0.2) is 0 Å². The molecular weight excluding hydrogens is 376 g/mol. The molecule has 5 heteroatoms. The van der Waals surface area contributed by atoms with Gasteiger partial charge in [-0.3, -0.25) is 4.90 Å². The maximum Gasteiger partial charge on any atom is 0.119 e. The lowest BCUT2D eigenvalue weighted by Gasteiger charge is -2.56. The molecule has 0 spiro atoms. The van der Waals surface area contributed by atoms with Gasteiger partial charge in [0.2, 0.25) is 0 Å². The lowest BCUT2D eigenvalue weighted by molar-refractivity contribution is -0.0260. The summed E-state index contributed by atoms with van der Waals surface area (Å²) in [7, 11) is 1.70. The molecule has 1 heterocycles. The molecule has 1 aromatic rings. The Bertz CT molecular complexity index is 730. The van der Waals surface area contributed by atoms with Crippen molar-refractivity contribution in [1.82, 2.24) is 4.90 Å². The summed E-state index contributed by atoms with van der Waals surface area (Å²) in [6.45, 7) is 10.6. The fourth-order valence-electron chi connectivity index (χ4n) is 5.51. The molecule has 3 aliphatic carbocycles. The zero-order chi connectivity index (χ0) is 21.1. The summed E-state index contributed by atoms with van der Waals surface area (Å²) in [5.41, 5.74) is 3.14. The van der Waals surface area contributed by atoms with Crippen LogP contribution in [0.25, 0.3) is 0 Å². The van der Waals surface area contributed by atoms with Crippen LogP contribution >= 0.6 is 0 Å². The average molecular weight is 415 g/mol. The molecule has 4 aliphatic rings. The van der Waals surface area contributed by atoms with E-state index in [0.717, 1.165) is 44.3 Å². The highest BCUT2D eigenvalue weighted by Crippen LogP contribution is 2.59. The van der Waals surface area contributed by atoms with Crippen LogP contribution in [0.2, 0.25) is 0 Å². The molecule has 2 bridgehead atoms. The van der Waals surface area contributed by atoms with Gasteiger partial charge in [-0.1, -0.05) is 19.9 Å². The first-order valence-corrected chi connectivity index (χ1v) is 11.5. The number of methoxy groups -OCH3 is 1. The number of ether oxygens (including phenoxy) is 2. The molecule has 1 aromatic carbocycles. The fourth-order valence-corrected chi connectivity index (χ4v) is 5.51. The predicted molar refractivity (Wildman–Crippen MR) is 121 cm³/mol. The molecule has 166 valence electrons. The first kappa shape index (κ1) is 21.7. The van der Waals surface area contributed by atoms with E-state index in [4.69, 9.17) is 9.47 Å². The molecule has 0 aromatic heterocycles. The summed E-state index contributed by atoms with van der Waals surface area (Å²) in [4.78, 5) is 4.79. The Morgan fingerprint density at radius 1 is 1.13 bits per heavy atom. The van der Waals surface area contributed by atoms with Gasteiger partial charge in [-0.25, -0.2) is 0 Å². The number of nitrogens with zero attached hydrogens (tertiary/aromatic N) is 2. The van der Waals surface area contributed by atoms with Crippen LogP contribution in [-0.2, 0) is 4.74 Å². The highest BCUT2D eigenvalue weighted by molar-refractivity contribution is 5.49. The standard InChI is InChI=1S/C25H38N2O3/c1-25(2)20-6-5-19(24(25)15-20)17-30-18-22(28)16-26-11-4-12-27(14-13-26)21-7-9-23(29-3)10-8-21/h5,7-10,20,22,24,28H,4,6,11-18H2,1-3H3. The van der Waals surface area contributed by atoms with Crippen molar-refractivity contribution in [1.29, 1.82) is 0 Å². The van der Waals surface area contributed by atoms with Crippen molar-refractivity contribution < 1.29 is 14.6 Å². The number of β-amino-alcohol motifs (C(OH)–C–C–N with tert-alkyl or cyclic N) is 1. The van der Waals surface area contributed by atoms with Crippen LogP contribution in [0.15, 0.2) is 35.9 Å². The van der Waals surface area contributed by atoms with Gasteiger partial charge in [-0.2, -0.15) is 0 Å². The van der Waals surface area contributed by atoms with Crippen LogP contribution in [0, 0.1) is 17.3 Å². The first-order valence-electron chi connectivity index (χ1n) is 11.5. The minimum absolute atomic E-state index is 0.423. The Labute approximate surface area is 181 Å². The van der Waals surface area contributed by atoms with E-state index < -0.39 is 6.10 Å². The molecule has 3 unspecified atom stereocenters. The molecule has 2 fully saturated rings. The van der Waals surface area contributed by atoms with Crippen molar-refractivity contribution >= 4 is 5.69 Å². The number of fused-ring (bicyclic) bond motifs is 1. The molecule has 5 nitrogen and oxygen atoms in total. The maximum atomic E-state index is 10.5. The summed E-state index contributed by atoms with van der Waals surface area (Å²) < 4.78 is 11.2. The van der Waals surface area contributed by atoms with E-state index in [-0.39, 0.29) is 0 Å². The second kappa shape index (κ2) is 9.29. The van der Waals surface area contributed by atoms with E-state index >= 15 is 0 Å². The van der Waals surface area contributed by atoms with E-state index in [1.54, 1.807) is 7.11 Å². The minimum Gasteiger partial charge on any atom is -0.497 e. The minimum atomic E-state index is -0.427. The zero-order valence-electron chi connectivity index (χ0n) is 18.8. The van der Waals surface area contributed by atoms with Crippen LogP contribution in [0.4, 0.5) is 5.69 Å². The number of aliphatic hydroxyl groups excluding tert-OH is 1. The van der Waals surface area contributed by atoms with E-state index in [1.165, 1.54) is 24.1 Å². The molecule has 1 aliphatic heterocycles. The number of hydrogen-bond donors (Lipinski definition) is 1. The van der Waals surface area contributed by atoms with Crippen molar-refractivity contribution in [3.63, 3.8) is 0 Å². The third-order valence-electron chi connectivity index (χ3n) is 7.66. The van der Waals surface area contributed by atoms with Crippen molar-refractivity contribution in [2.24, 2.45) is 17.3 Å². The Morgan fingerprint density at radius 3 is 2.63 bits per heavy atom. The molecule has 0 amide bonds. The summed E-state index contributed by atoms with van der Waals surface area (Å²) in [6, 6.07) is 8.29. The number of rotatable bonds is 8. The Balaban J connectivity index is 1.18. The summed E-state index contributed by atoms with van der Waals surface area (Å²) in [5, 5.41) is 10.5. The van der Waals surface area contributed by atoms with Crippen molar-refractivity contribution in [3.8, 4) is 5.75 Å². The van der Waals surface area contributed by atoms with Gasteiger partial charge in [0.1, 0.15) is 5.75 Å². The molecular formula is C25H38N2O3. The number of anilines is 1. The smallest absolute Gasteiger partial charge is 0.119 e. The van der Waals surface area contributed by atoms with Crippen LogP contribution in [0.5, 0.6) is 5.75 Å². The van der Waals surface area contributed by atoms with Crippen molar-refractivity contribution in [3.05, 3.63) is 35.9 Å². The highest BCUT2D eigenvalue weighted by atomic mass is 16.5. The predicted octanol–water partition coefficient (Wildman–Crippen LogP) is 3.58. The second-order valence-corrected chi connectivity index (χ2v) is 9.83. The van der Waals surface area contributed by atoms with E-state index in [0.29, 0.717) is 31.1 Å². The van der Waals surface area contributed by atoms with E-state index in [9.17, 15) is 5.11 Å². The fraction of sp³-hybridized carbons (Fsp3) is 0.680. The van der Waals surface area contributed by atoms with E-state index in [2.05, 4.69) is 41.9 Å². The van der Waals surface area contributed by atoms with Gasteiger partial charge in [0, 0.05) is 31.9 Å².